The number of amides is 1. The van der Waals surface area contributed by atoms with E-state index in [2.05, 4.69) is 10.3 Å². The summed E-state index contributed by atoms with van der Waals surface area (Å²) in [6.45, 7) is 4.71. The number of rotatable bonds is 11. The zero-order valence-corrected chi connectivity index (χ0v) is 21.3. The second-order valence-electron chi connectivity index (χ2n) is 7.43. The van der Waals surface area contributed by atoms with Crippen LogP contribution in [0.3, 0.4) is 0 Å². The van der Waals surface area contributed by atoms with E-state index in [1.807, 2.05) is 31.4 Å². The van der Waals surface area contributed by atoms with Crippen LogP contribution in [0.5, 0.6) is 11.5 Å². The smallest absolute Gasteiger partial charge is 0.257 e. The van der Waals surface area contributed by atoms with Gasteiger partial charge in [-0.25, -0.2) is 13.4 Å². The van der Waals surface area contributed by atoms with Crippen molar-refractivity contribution in [3.63, 3.8) is 0 Å². The third-order valence-electron chi connectivity index (χ3n) is 5.28. The molecule has 0 aliphatic heterocycles. The summed E-state index contributed by atoms with van der Waals surface area (Å²) in [7, 11) is -0.441. The lowest BCUT2D eigenvalue weighted by Crippen LogP contribution is -2.31. The molecule has 0 aliphatic rings. The molecule has 0 saturated heterocycles. The number of hydrogen-bond donors (Lipinski definition) is 1. The van der Waals surface area contributed by atoms with Gasteiger partial charge in [-0.15, -0.1) is 11.3 Å². The Morgan fingerprint density at radius 1 is 1.09 bits per heavy atom. The summed E-state index contributed by atoms with van der Waals surface area (Å²) in [6.07, 6.45) is 1.71. The van der Waals surface area contributed by atoms with Gasteiger partial charge in [0.25, 0.3) is 5.91 Å². The number of anilines is 1. The summed E-state index contributed by atoms with van der Waals surface area (Å²) in [5.74, 6) is 0.909. The van der Waals surface area contributed by atoms with Crippen LogP contribution in [0.1, 0.15) is 37.0 Å². The topological polar surface area (TPSA) is 97.8 Å². The molecule has 1 amide bonds. The molecule has 34 heavy (non-hydrogen) atoms. The molecule has 1 N–H and O–H groups in total. The maximum Gasteiger partial charge on any atom is 0.257 e. The Morgan fingerprint density at radius 2 is 1.82 bits per heavy atom. The van der Waals surface area contributed by atoms with Crippen LogP contribution in [0.4, 0.5) is 5.13 Å². The lowest BCUT2D eigenvalue weighted by atomic mass is 10.1. The van der Waals surface area contributed by atoms with Crippen LogP contribution in [-0.4, -0.2) is 50.9 Å². The molecule has 0 radical (unpaired) electrons. The molecule has 3 rings (SSSR count). The molecule has 2 aromatic carbocycles. The summed E-state index contributed by atoms with van der Waals surface area (Å²) in [5, 5.41) is 5.02. The van der Waals surface area contributed by atoms with Crippen molar-refractivity contribution >= 4 is 32.4 Å². The molecule has 0 atom stereocenters. The SMILES string of the molecule is CCCCN(CC)S(=O)(=O)c1ccc(C(=O)Nc2nc(-c3ccc(OC)cc3OC)cs2)cc1. The molecule has 0 saturated carbocycles. The fourth-order valence-corrected chi connectivity index (χ4v) is 5.54. The quantitative estimate of drug-likeness (QED) is 0.400. The van der Waals surface area contributed by atoms with Crippen LogP contribution >= 0.6 is 11.3 Å². The predicted molar refractivity (Wildman–Crippen MR) is 134 cm³/mol. The van der Waals surface area contributed by atoms with Gasteiger partial charge in [0.2, 0.25) is 10.0 Å². The minimum absolute atomic E-state index is 0.171. The van der Waals surface area contributed by atoms with Gasteiger partial charge < -0.3 is 9.47 Å². The van der Waals surface area contributed by atoms with Crippen molar-refractivity contribution in [1.29, 1.82) is 0 Å². The van der Waals surface area contributed by atoms with Crippen molar-refractivity contribution in [3.05, 3.63) is 53.4 Å². The first-order valence-corrected chi connectivity index (χ1v) is 13.3. The highest BCUT2D eigenvalue weighted by Crippen LogP contribution is 2.35. The Hall–Kier alpha value is -2.95. The fraction of sp³-hybridized carbons (Fsp3) is 0.333. The van der Waals surface area contributed by atoms with Crippen LogP contribution in [0, 0.1) is 0 Å². The van der Waals surface area contributed by atoms with Crippen molar-refractivity contribution in [2.24, 2.45) is 0 Å². The van der Waals surface area contributed by atoms with Gasteiger partial charge in [0.05, 0.1) is 24.8 Å². The molecule has 8 nitrogen and oxygen atoms in total. The van der Waals surface area contributed by atoms with Crippen molar-refractivity contribution < 1.29 is 22.7 Å². The average molecular weight is 504 g/mol. The largest absolute Gasteiger partial charge is 0.497 e. The minimum Gasteiger partial charge on any atom is -0.497 e. The van der Waals surface area contributed by atoms with E-state index in [0.29, 0.717) is 41.0 Å². The van der Waals surface area contributed by atoms with Crippen LogP contribution in [0.2, 0.25) is 0 Å². The molecule has 0 unspecified atom stereocenters. The first-order valence-electron chi connectivity index (χ1n) is 10.9. The number of nitrogens with one attached hydrogen (secondary N) is 1. The number of ether oxygens (including phenoxy) is 2. The van der Waals surface area contributed by atoms with Crippen molar-refractivity contribution in [1.82, 2.24) is 9.29 Å². The van der Waals surface area contributed by atoms with Crippen LogP contribution in [-0.2, 0) is 10.0 Å². The summed E-state index contributed by atoms with van der Waals surface area (Å²) >= 11 is 1.29. The molecule has 0 bridgehead atoms. The predicted octanol–water partition coefficient (Wildman–Crippen LogP) is 4.89. The van der Waals surface area contributed by atoms with E-state index in [1.54, 1.807) is 20.3 Å². The number of carbonyl (C=O) groups excluding carboxylic acids is 1. The monoisotopic (exact) mass is 503 g/mol. The van der Waals surface area contributed by atoms with E-state index < -0.39 is 10.0 Å². The third-order valence-corrected chi connectivity index (χ3v) is 8.02. The van der Waals surface area contributed by atoms with E-state index in [0.717, 1.165) is 18.4 Å². The Balaban J connectivity index is 1.73. The highest BCUT2D eigenvalue weighted by Gasteiger charge is 2.23. The van der Waals surface area contributed by atoms with Gasteiger partial charge in [0.1, 0.15) is 11.5 Å². The van der Waals surface area contributed by atoms with E-state index in [4.69, 9.17) is 9.47 Å². The zero-order valence-electron chi connectivity index (χ0n) is 19.7. The molecule has 0 fully saturated rings. The number of methoxy groups -OCH3 is 2. The normalized spacial score (nSPS) is 11.4. The Labute approximate surface area is 204 Å². The summed E-state index contributed by atoms with van der Waals surface area (Å²) < 4.78 is 37.9. The zero-order chi connectivity index (χ0) is 24.7. The maximum absolute atomic E-state index is 12.9. The standard InChI is InChI=1S/C24H29N3O5S2/c1-5-7-14-27(6-2)34(29,30)19-11-8-17(9-12-19)23(28)26-24-25-21(16-33-24)20-13-10-18(31-3)15-22(20)32-4/h8-13,15-16H,5-7,14H2,1-4H3,(H,25,26,28). The summed E-state index contributed by atoms with van der Waals surface area (Å²) in [6, 6.07) is 11.4. The van der Waals surface area contributed by atoms with E-state index in [-0.39, 0.29) is 10.8 Å². The van der Waals surface area contributed by atoms with E-state index in [9.17, 15) is 13.2 Å². The molecule has 3 aromatic rings. The van der Waals surface area contributed by atoms with Crippen LogP contribution in [0.15, 0.2) is 52.7 Å². The molecule has 0 spiro atoms. The molecular weight excluding hydrogens is 474 g/mol. The third kappa shape index (κ3) is 5.75. The van der Waals surface area contributed by atoms with Gasteiger partial charge in [-0.1, -0.05) is 20.3 Å². The number of sulfonamides is 1. The van der Waals surface area contributed by atoms with Crippen molar-refractivity contribution in [3.8, 4) is 22.8 Å². The highest BCUT2D eigenvalue weighted by molar-refractivity contribution is 7.89. The lowest BCUT2D eigenvalue weighted by Gasteiger charge is -2.20. The molecule has 182 valence electrons. The fourth-order valence-electron chi connectivity index (χ4n) is 3.34. The number of aromatic nitrogens is 1. The Kier molecular flexibility index (Phi) is 8.65. The minimum atomic E-state index is -3.59. The Bertz CT molecular complexity index is 1220. The van der Waals surface area contributed by atoms with E-state index in [1.165, 1.54) is 39.9 Å². The number of carbonyl (C=O) groups is 1. The number of unbranched alkanes of at least 4 members (excludes halogenated alkanes) is 1. The molecular formula is C24H29N3O5S2. The number of hydrogen-bond acceptors (Lipinski definition) is 7. The second-order valence-corrected chi connectivity index (χ2v) is 10.2. The number of thiazole rings is 1. The maximum atomic E-state index is 12.9. The number of benzene rings is 2. The van der Waals surface area contributed by atoms with Crippen LogP contribution < -0.4 is 14.8 Å². The Morgan fingerprint density at radius 3 is 2.44 bits per heavy atom. The first-order chi connectivity index (χ1) is 16.3. The average Bonchev–Trinajstić information content (AvgIpc) is 3.32. The van der Waals surface area contributed by atoms with Crippen molar-refractivity contribution in [2.45, 2.75) is 31.6 Å². The lowest BCUT2D eigenvalue weighted by molar-refractivity contribution is 0.102. The summed E-state index contributed by atoms with van der Waals surface area (Å²) in [4.78, 5) is 17.4. The van der Waals surface area contributed by atoms with Gasteiger partial charge in [0, 0.05) is 35.7 Å². The first kappa shape index (κ1) is 25.7. The van der Waals surface area contributed by atoms with Gasteiger partial charge in [0.15, 0.2) is 5.13 Å². The molecule has 10 heteroatoms. The van der Waals surface area contributed by atoms with Gasteiger partial charge in [-0.05, 0) is 42.8 Å². The van der Waals surface area contributed by atoms with Crippen molar-refractivity contribution in [2.75, 3.05) is 32.6 Å². The highest BCUT2D eigenvalue weighted by atomic mass is 32.2. The van der Waals surface area contributed by atoms with E-state index >= 15 is 0 Å². The summed E-state index contributed by atoms with van der Waals surface area (Å²) in [5.41, 5.74) is 1.78. The number of nitrogens with zero attached hydrogens (tertiary/aromatic N) is 2. The molecule has 1 aromatic heterocycles. The second kappa shape index (κ2) is 11.5. The van der Waals surface area contributed by atoms with Crippen LogP contribution in [0.25, 0.3) is 11.3 Å². The molecule has 0 aliphatic carbocycles. The van der Waals surface area contributed by atoms with Gasteiger partial charge in [-0.3, -0.25) is 10.1 Å². The van der Waals surface area contributed by atoms with Gasteiger partial charge in [-0.2, -0.15) is 4.31 Å². The van der Waals surface area contributed by atoms with Gasteiger partial charge >= 0.3 is 0 Å². The molecule has 1 heterocycles.